The maximum atomic E-state index is 9.42. The molecule has 0 saturated carbocycles. The highest BCUT2D eigenvalue weighted by Gasteiger charge is 2.08. The van der Waals surface area contributed by atoms with E-state index in [-0.39, 0.29) is 5.75 Å². The summed E-state index contributed by atoms with van der Waals surface area (Å²) in [6.07, 6.45) is 0. The normalized spacial score (nSPS) is 10.9. The summed E-state index contributed by atoms with van der Waals surface area (Å²) in [5, 5.41) is 10.3. The minimum Gasteiger partial charge on any atom is -0.506 e. The van der Waals surface area contributed by atoms with E-state index in [1.807, 2.05) is 6.07 Å². The van der Waals surface area contributed by atoms with Crippen LogP contribution in [0, 0.1) is 3.57 Å². The van der Waals surface area contributed by atoms with Crippen LogP contribution in [0.1, 0.15) is 0 Å². The number of nitrogens with zero attached hydrogens (tertiary/aromatic N) is 1. The van der Waals surface area contributed by atoms with Gasteiger partial charge in [-0.1, -0.05) is 0 Å². The van der Waals surface area contributed by atoms with Gasteiger partial charge in [0.25, 0.3) is 0 Å². The Labute approximate surface area is 121 Å². The fraction of sp³-hybridized carbons (Fsp3) is 0. The zero-order valence-corrected chi connectivity index (χ0v) is 12.2. The number of halogens is 1. The number of anilines is 1. The number of thiazole rings is 1. The monoisotopic (exact) mass is 368 g/mol. The Morgan fingerprint density at radius 3 is 2.78 bits per heavy atom. The summed E-state index contributed by atoms with van der Waals surface area (Å²) in [6, 6.07) is 11.4. The molecule has 0 unspecified atom stereocenters. The van der Waals surface area contributed by atoms with Crippen LogP contribution in [0.4, 0.5) is 5.69 Å². The number of phenols is 1. The smallest absolute Gasteiger partial charge is 0.138 e. The predicted octanol–water partition coefficient (Wildman–Crippen LogP) is 3.86. The largest absolute Gasteiger partial charge is 0.506 e. The molecule has 1 aromatic heterocycles. The van der Waals surface area contributed by atoms with Crippen molar-refractivity contribution in [2.45, 2.75) is 0 Å². The van der Waals surface area contributed by atoms with Crippen LogP contribution < -0.4 is 5.73 Å². The van der Waals surface area contributed by atoms with Crippen LogP contribution >= 0.6 is 33.9 Å². The molecule has 0 radical (unpaired) electrons. The minimum absolute atomic E-state index is 0.106. The summed E-state index contributed by atoms with van der Waals surface area (Å²) in [5.41, 5.74) is 8.00. The lowest BCUT2D eigenvalue weighted by molar-refractivity contribution is 0.478. The van der Waals surface area contributed by atoms with Crippen molar-refractivity contribution in [1.29, 1.82) is 0 Å². The van der Waals surface area contributed by atoms with Gasteiger partial charge in [-0.25, -0.2) is 4.98 Å². The molecule has 3 aromatic rings. The van der Waals surface area contributed by atoms with Gasteiger partial charge in [0, 0.05) is 9.13 Å². The van der Waals surface area contributed by atoms with Gasteiger partial charge in [-0.05, 0) is 59.0 Å². The van der Waals surface area contributed by atoms with Gasteiger partial charge in [0.05, 0.1) is 15.9 Å². The van der Waals surface area contributed by atoms with E-state index in [0.29, 0.717) is 5.69 Å². The van der Waals surface area contributed by atoms with Crippen LogP contribution in [-0.2, 0) is 0 Å². The second-order valence-corrected chi connectivity index (χ2v) is 6.18. The molecule has 0 aliphatic heterocycles. The number of fused-ring (bicyclic) bond motifs is 1. The fourth-order valence-electron chi connectivity index (χ4n) is 1.71. The third-order valence-electron chi connectivity index (χ3n) is 2.62. The van der Waals surface area contributed by atoms with E-state index in [1.54, 1.807) is 23.5 Å². The van der Waals surface area contributed by atoms with Crippen molar-refractivity contribution in [3.63, 3.8) is 0 Å². The Morgan fingerprint density at radius 2 is 2.00 bits per heavy atom. The molecule has 0 bridgehead atoms. The van der Waals surface area contributed by atoms with E-state index in [9.17, 15) is 5.11 Å². The number of aromatic nitrogens is 1. The number of nitrogen functional groups attached to an aromatic ring is 1. The molecule has 1 heterocycles. The molecule has 90 valence electrons. The average Bonchev–Trinajstić information content (AvgIpc) is 2.75. The number of hydrogen-bond donors (Lipinski definition) is 2. The van der Waals surface area contributed by atoms with Crippen molar-refractivity contribution < 1.29 is 5.11 Å². The number of hydrogen-bond acceptors (Lipinski definition) is 4. The lowest BCUT2D eigenvalue weighted by atomic mass is 10.2. The lowest BCUT2D eigenvalue weighted by Crippen LogP contribution is -1.86. The van der Waals surface area contributed by atoms with Crippen LogP contribution in [0.5, 0.6) is 5.75 Å². The van der Waals surface area contributed by atoms with Gasteiger partial charge in [0.1, 0.15) is 10.8 Å². The Hall–Kier alpha value is -1.34. The molecule has 18 heavy (non-hydrogen) atoms. The molecule has 0 saturated heterocycles. The maximum Gasteiger partial charge on any atom is 0.138 e. The van der Waals surface area contributed by atoms with E-state index in [1.165, 1.54) is 3.57 Å². The Bertz CT molecular complexity index is 739. The number of aromatic hydroxyl groups is 1. The van der Waals surface area contributed by atoms with Gasteiger partial charge in [0.2, 0.25) is 0 Å². The van der Waals surface area contributed by atoms with Gasteiger partial charge in [0.15, 0.2) is 0 Å². The van der Waals surface area contributed by atoms with Gasteiger partial charge >= 0.3 is 0 Å². The quantitative estimate of drug-likeness (QED) is 0.390. The molecule has 0 aliphatic carbocycles. The SMILES string of the molecule is Nc1cc(-c2nc3cc(I)ccc3s2)ccc1O. The highest BCUT2D eigenvalue weighted by Crippen LogP contribution is 2.33. The molecule has 3 nitrogen and oxygen atoms in total. The van der Waals surface area contributed by atoms with Crippen LogP contribution in [0.25, 0.3) is 20.8 Å². The molecular formula is C13H9IN2OS. The van der Waals surface area contributed by atoms with Crippen LogP contribution in [0.3, 0.4) is 0 Å². The first-order chi connectivity index (χ1) is 8.63. The minimum atomic E-state index is 0.106. The van der Waals surface area contributed by atoms with Crippen molar-refractivity contribution in [3.8, 4) is 16.3 Å². The number of phenolic OH excluding ortho intramolecular Hbond substituents is 1. The van der Waals surface area contributed by atoms with Crippen molar-refractivity contribution in [2.24, 2.45) is 0 Å². The second kappa shape index (κ2) is 4.40. The van der Waals surface area contributed by atoms with Crippen molar-refractivity contribution in [1.82, 2.24) is 4.98 Å². The number of benzene rings is 2. The van der Waals surface area contributed by atoms with E-state index >= 15 is 0 Å². The highest BCUT2D eigenvalue weighted by atomic mass is 127. The molecule has 0 atom stereocenters. The third-order valence-corrected chi connectivity index (χ3v) is 4.38. The fourth-order valence-corrected chi connectivity index (χ4v) is 3.13. The molecule has 0 spiro atoms. The van der Waals surface area contributed by atoms with Crippen LogP contribution in [-0.4, -0.2) is 10.1 Å². The molecular weight excluding hydrogens is 359 g/mol. The molecule has 2 aromatic carbocycles. The standard InChI is InChI=1S/C13H9IN2OS/c14-8-2-4-12-10(6-8)16-13(18-12)7-1-3-11(17)9(15)5-7/h1-6,17H,15H2. The first-order valence-corrected chi connectivity index (χ1v) is 7.18. The van der Waals surface area contributed by atoms with Crippen molar-refractivity contribution >= 4 is 49.8 Å². The summed E-state index contributed by atoms with van der Waals surface area (Å²) < 4.78 is 2.32. The molecule has 3 N–H and O–H groups in total. The van der Waals surface area contributed by atoms with E-state index in [0.717, 1.165) is 20.8 Å². The molecule has 0 amide bonds. The van der Waals surface area contributed by atoms with E-state index < -0.39 is 0 Å². The van der Waals surface area contributed by atoms with Gasteiger partial charge in [-0.3, -0.25) is 0 Å². The number of rotatable bonds is 1. The summed E-state index contributed by atoms with van der Waals surface area (Å²) in [4.78, 5) is 4.59. The maximum absolute atomic E-state index is 9.42. The topological polar surface area (TPSA) is 59.1 Å². The molecule has 0 aliphatic rings. The predicted molar refractivity (Wildman–Crippen MR) is 83.9 cm³/mol. The zero-order chi connectivity index (χ0) is 12.7. The van der Waals surface area contributed by atoms with Crippen LogP contribution in [0.2, 0.25) is 0 Å². The van der Waals surface area contributed by atoms with E-state index in [4.69, 9.17) is 5.73 Å². The first-order valence-electron chi connectivity index (χ1n) is 5.28. The average molecular weight is 368 g/mol. The molecule has 0 fully saturated rings. The highest BCUT2D eigenvalue weighted by molar-refractivity contribution is 14.1. The lowest BCUT2D eigenvalue weighted by Gasteiger charge is -2.00. The Balaban J connectivity index is 2.16. The van der Waals surface area contributed by atoms with E-state index in [2.05, 4.69) is 45.8 Å². The van der Waals surface area contributed by atoms with Gasteiger partial charge < -0.3 is 10.8 Å². The first kappa shape index (κ1) is 11.7. The summed E-state index contributed by atoms with van der Waals surface area (Å²) in [5.74, 6) is 0.106. The van der Waals surface area contributed by atoms with Gasteiger partial charge in [-0.2, -0.15) is 0 Å². The van der Waals surface area contributed by atoms with Crippen LogP contribution in [0.15, 0.2) is 36.4 Å². The Kier molecular flexibility index (Phi) is 2.87. The summed E-state index contributed by atoms with van der Waals surface area (Å²) >= 11 is 3.90. The summed E-state index contributed by atoms with van der Waals surface area (Å²) in [7, 11) is 0. The second-order valence-electron chi connectivity index (χ2n) is 3.90. The van der Waals surface area contributed by atoms with Crippen molar-refractivity contribution in [3.05, 3.63) is 40.0 Å². The summed E-state index contributed by atoms with van der Waals surface area (Å²) in [6.45, 7) is 0. The van der Waals surface area contributed by atoms with Crippen molar-refractivity contribution in [2.75, 3.05) is 5.73 Å². The zero-order valence-electron chi connectivity index (χ0n) is 9.22. The Morgan fingerprint density at radius 1 is 1.17 bits per heavy atom. The number of nitrogens with two attached hydrogens (primary N) is 1. The molecule has 5 heteroatoms. The van der Waals surface area contributed by atoms with Gasteiger partial charge in [-0.15, -0.1) is 11.3 Å². The molecule has 3 rings (SSSR count). The third kappa shape index (κ3) is 2.04.